The van der Waals surface area contributed by atoms with Gasteiger partial charge in [0, 0.05) is 11.1 Å². The normalized spacial score (nSPS) is 32.4. The molecule has 3 aliphatic heterocycles. The van der Waals surface area contributed by atoms with E-state index in [1.165, 1.54) is 0 Å². The Balaban J connectivity index is 1.26. The predicted octanol–water partition coefficient (Wildman–Crippen LogP) is 4.40. The minimum atomic E-state index is -0.686. The Morgan fingerprint density at radius 3 is 1.88 bits per heavy atom. The third-order valence-corrected chi connectivity index (χ3v) is 6.30. The van der Waals surface area contributed by atoms with E-state index in [9.17, 15) is 0 Å². The summed E-state index contributed by atoms with van der Waals surface area (Å²) in [4.78, 5) is 0. The van der Waals surface area contributed by atoms with Crippen molar-refractivity contribution in [2.75, 3.05) is 13.7 Å². The molecule has 0 aliphatic carbocycles. The van der Waals surface area contributed by atoms with Crippen LogP contribution in [0.5, 0.6) is 11.5 Å². The molecule has 7 heteroatoms. The van der Waals surface area contributed by atoms with Crippen LogP contribution in [-0.2, 0) is 23.7 Å². The van der Waals surface area contributed by atoms with Crippen LogP contribution in [0.2, 0.25) is 0 Å². The third kappa shape index (κ3) is 4.17. The molecule has 0 N–H and O–H groups in total. The van der Waals surface area contributed by atoms with Crippen molar-refractivity contribution in [2.24, 2.45) is 0 Å². The molecule has 34 heavy (non-hydrogen) atoms. The average Bonchev–Trinajstić information content (AvgIpc) is 3.36. The Hall–Kier alpha value is -2.94. The zero-order valence-corrected chi connectivity index (χ0v) is 18.7. The van der Waals surface area contributed by atoms with Crippen molar-refractivity contribution in [1.82, 2.24) is 0 Å². The van der Waals surface area contributed by atoms with Gasteiger partial charge in [0.05, 0.1) is 13.7 Å². The van der Waals surface area contributed by atoms with Gasteiger partial charge in [0.2, 0.25) is 6.29 Å². The summed E-state index contributed by atoms with van der Waals surface area (Å²) in [6.07, 6.45) is -3.32. The van der Waals surface area contributed by atoms with Crippen LogP contribution in [0.3, 0.4) is 0 Å². The number of hydrogen-bond acceptors (Lipinski definition) is 7. The fourth-order valence-corrected chi connectivity index (χ4v) is 4.59. The molecule has 3 aliphatic rings. The standard InChI is InChI=1S/C27H26O7/c1-28-19-12-14-20(15-13-19)30-27-24-23(33-26(34-24)18-10-6-3-7-11-18)22-21(31-27)16-29-25(32-22)17-8-4-2-5-9-17/h2-15,21-27H,16H2,1H3/t21-,22-,23+,24+,25+,26+,27+/m1/s1. The number of fused-ring (bicyclic) bond motifs is 3. The van der Waals surface area contributed by atoms with E-state index in [1.807, 2.05) is 84.9 Å². The molecule has 6 rings (SSSR count). The molecule has 0 unspecified atom stereocenters. The molecule has 7 nitrogen and oxygen atoms in total. The summed E-state index contributed by atoms with van der Waals surface area (Å²) in [6.45, 7) is 0.356. The van der Waals surface area contributed by atoms with Gasteiger partial charge < -0.3 is 33.2 Å². The molecule has 7 atom stereocenters. The van der Waals surface area contributed by atoms with Crippen molar-refractivity contribution in [1.29, 1.82) is 0 Å². The average molecular weight is 462 g/mol. The van der Waals surface area contributed by atoms with Crippen LogP contribution in [-0.4, -0.2) is 44.4 Å². The molecule has 0 aromatic heterocycles. The highest BCUT2D eigenvalue weighted by Crippen LogP contribution is 2.43. The van der Waals surface area contributed by atoms with Crippen LogP contribution in [0.1, 0.15) is 23.7 Å². The lowest BCUT2D eigenvalue weighted by atomic mass is 9.98. The first-order valence-electron chi connectivity index (χ1n) is 11.4. The summed E-state index contributed by atoms with van der Waals surface area (Å²) in [5.74, 6) is 1.40. The predicted molar refractivity (Wildman–Crippen MR) is 121 cm³/mol. The molecule has 3 aromatic carbocycles. The maximum Gasteiger partial charge on any atom is 0.229 e. The minimum Gasteiger partial charge on any atom is -0.497 e. The van der Waals surface area contributed by atoms with Gasteiger partial charge in [0.1, 0.15) is 29.8 Å². The van der Waals surface area contributed by atoms with Gasteiger partial charge in [0.25, 0.3) is 0 Å². The molecule has 3 saturated heterocycles. The Bertz CT molecular complexity index is 1080. The number of hydrogen-bond donors (Lipinski definition) is 0. The van der Waals surface area contributed by atoms with E-state index in [0.29, 0.717) is 12.4 Å². The summed E-state index contributed by atoms with van der Waals surface area (Å²) >= 11 is 0. The van der Waals surface area contributed by atoms with Crippen molar-refractivity contribution >= 4 is 0 Å². The van der Waals surface area contributed by atoms with Gasteiger partial charge in [-0.2, -0.15) is 0 Å². The maximum atomic E-state index is 6.43. The number of ether oxygens (including phenoxy) is 7. The first kappa shape index (κ1) is 21.6. The number of benzene rings is 3. The van der Waals surface area contributed by atoms with Crippen LogP contribution in [0.15, 0.2) is 84.9 Å². The van der Waals surface area contributed by atoms with Gasteiger partial charge in [0.15, 0.2) is 18.7 Å². The van der Waals surface area contributed by atoms with Crippen LogP contribution >= 0.6 is 0 Å². The number of rotatable bonds is 5. The lowest BCUT2D eigenvalue weighted by Gasteiger charge is -2.45. The summed E-state index contributed by atoms with van der Waals surface area (Å²) in [5, 5.41) is 0. The second-order valence-electron chi connectivity index (χ2n) is 8.46. The van der Waals surface area contributed by atoms with E-state index >= 15 is 0 Å². The quantitative estimate of drug-likeness (QED) is 0.557. The first-order valence-corrected chi connectivity index (χ1v) is 11.4. The van der Waals surface area contributed by atoms with E-state index in [4.69, 9.17) is 33.2 Å². The van der Waals surface area contributed by atoms with E-state index in [0.717, 1.165) is 16.9 Å². The van der Waals surface area contributed by atoms with Gasteiger partial charge >= 0.3 is 0 Å². The largest absolute Gasteiger partial charge is 0.497 e. The van der Waals surface area contributed by atoms with Gasteiger partial charge in [-0.05, 0) is 24.3 Å². The summed E-state index contributed by atoms with van der Waals surface area (Å²) in [5.41, 5.74) is 1.89. The van der Waals surface area contributed by atoms with Crippen molar-refractivity contribution in [3.63, 3.8) is 0 Å². The Labute approximate surface area is 198 Å². The summed E-state index contributed by atoms with van der Waals surface area (Å²) in [7, 11) is 1.63. The summed E-state index contributed by atoms with van der Waals surface area (Å²) in [6, 6.07) is 27.1. The van der Waals surface area contributed by atoms with E-state index < -0.39 is 25.0 Å². The lowest BCUT2D eigenvalue weighted by Crippen LogP contribution is -2.61. The Kier molecular flexibility index (Phi) is 5.95. The molecule has 176 valence electrons. The van der Waals surface area contributed by atoms with Crippen LogP contribution in [0, 0.1) is 0 Å². The van der Waals surface area contributed by atoms with Crippen molar-refractivity contribution in [3.8, 4) is 11.5 Å². The zero-order chi connectivity index (χ0) is 22.9. The third-order valence-electron chi connectivity index (χ3n) is 6.30. The van der Waals surface area contributed by atoms with Crippen molar-refractivity contribution in [3.05, 3.63) is 96.1 Å². The smallest absolute Gasteiger partial charge is 0.229 e. The zero-order valence-electron chi connectivity index (χ0n) is 18.7. The van der Waals surface area contributed by atoms with E-state index in [1.54, 1.807) is 7.11 Å². The van der Waals surface area contributed by atoms with E-state index in [-0.39, 0.29) is 18.3 Å². The van der Waals surface area contributed by atoms with Crippen LogP contribution < -0.4 is 9.47 Å². The highest BCUT2D eigenvalue weighted by atomic mass is 16.8. The van der Waals surface area contributed by atoms with Crippen LogP contribution in [0.25, 0.3) is 0 Å². The molecule has 3 fully saturated rings. The monoisotopic (exact) mass is 462 g/mol. The molecule has 3 aromatic rings. The minimum absolute atomic E-state index is 0.356. The molecule has 0 bridgehead atoms. The van der Waals surface area contributed by atoms with Crippen LogP contribution in [0.4, 0.5) is 0 Å². The van der Waals surface area contributed by atoms with Crippen molar-refractivity contribution < 1.29 is 33.2 Å². The second-order valence-corrected chi connectivity index (χ2v) is 8.46. The fraction of sp³-hybridized carbons (Fsp3) is 0.333. The van der Waals surface area contributed by atoms with Crippen molar-refractivity contribution in [2.45, 2.75) is 43.3 Å². The lowest BCUT2D eigenvalue weighted by molar-refractivity contribution is -0.335. The molecular weight excluding hydrogens is 436 g/mol. The number of methoxy groups -OCH3 is 1. The molecule has 0 radical (unpaired) electrons. The molecule has 0 saturated carbocycles. The molecular formula is C27H26O7. The van der Waals surface area contributed by atoms with Gasteiger partial charge in [-0.25, -0.2) is 0 Å². The van der Waals surface area contributed by atoms with E-state index in [2.05, 4.69) is 0 Å². The molecule has 0 amide bonds. The van der Waals surface area contributed by atoms with Gasteiger partial charge in [-0.1, -0.05) is 60.7 Å². The molecule has 0 spiro atoms. The van der Waals surface area contributed by atoms with Gasteiger partial charge in [-0.15, -0.1) is 0 Å². The summed E-state index contributed by atoms with van der Waals surface area (Å²) < 4.78 is 43.0. The highest BCUT2D eigenvalue weighted by molar-refractivity contribution is 5.31. The topological polar surface area (TPSA) is 64.6 Å². The Morgan fingerprint density at radius 2 is 1.21 bits per heavy atom. The second kappa shape index (κ2) is 9.37. The highest BCUT2D eigenvalue weighted by Gasteiger charge is 2.57. The first-order chi connectivity index (χ1) is 16.8. The fourth-order valence-electron chi connectivity index (χ4n) is 4.59. The maximum absolute atomic E-state index is 6.43. The van der Waals surface area contributed by atoms with Gasteiger partial charge in [-0.3, -0.25) is 0 Å². The molecule has 3 heterocycles. The SMILES string of the molecule is COc1ccc(O[C@H]2O[C@@H]3CO[C@H](c4ccccc4)O[C@H]3[C@@H]3O[C@H](c4ccccc4)O[C@H]23)cc1. The Morgan fingerprint density at radius 1 is 0.618 bits per heavy atom.